The molecule has 0 radical (unpaired) electrons. The number of nitro groups is 1. The number of aryl methyl sites for hydroxylation is 2. The topological polar surface area (TPSA) is 96.9 Å². The van der Waals surface area contributed by atoms with E-state index in [4.69, 9.17) is 4.42 Å². The zero-order valence-corrected chi connectivity index (χ0v) is 16.1. The summed E-state index contributed by atoms with van der Waals surface area (Å²) >= 11 is 0. The van der Waals surface area contributed by atoms with Crippen LogP contribution in [0.15, 0.2) is 39.6 Å². The van der Waals surface area contributed by atoms with Crippen molar-refractivity contribution in [3.8, 4) is 0 Å². The van der Waals surface area contributed by atoms with E-state index < -0.39 is 14.9 Å². The first-order chi connectivity index (χ1) is 12.1. The summed E-state index contributed by atoms with van der Waals surface area (Å²) in [6.45, 7) is 4.25. The van der Waals surface area contributed by atoms with Gasteiger partial charge < -0.3 is 9.32 Å². The highest BCUT2D eigenvalue weighted by molar-refractivity contribution is 7.89. The van der Waals surface area contributed by atoms with Gasteiger partial charge in [0.25, 0.3) is 5.69 Å². The number of likely N-dealkylation sites (N-methyl/N-ethyl adjacent to an activating group) is 1. The van der Waals surface area contributed by atoms with Crippen molar-refractivity contribution in [3.05, 3.63) is 57.5 Å². The Morgan fingerprint density at radius 2 is 1.81 bits per heavy atom. The molecule has 0 aliphatic heterocycles. The van der Waals surface area contributed by atoms with Crippen molar-refractivity contribution in [2.75, 3.05) is 27.2 Å². The number of nitrogens with zero attached hydrogens (tertiary/aromatic N) is 3. The van der Waals surface area contributed by atoms with Crippen LogP contribution in [0.25, 0.3) is 0 Å². The summed E-state index contributed by atoms with van der Waals surface area (Å²) in [5, 5.41) is 10.9. The summed E-state index contributed by atoms with van der Waals surface area (Å²) in [5.74, 6) is 1.25. The van der Waals surface area contributed by atoms with Gasteiger partial charge in [-0.15, -0.1) is 0 Å². The third kappa shape index (κ3) is 4.69. The van der Waals surface area contributed by atoms with Gasteiger partial charge in [-0.05, 0) is 51.7 Å². The first kappa shape index (κ1) is 20.1. The second-order valence-electron chi connectivity index (χ2n) is 6.36. The van der Waals surface area contributed by atoms with Crippen LogP contribution < -0.4 is 0 Å². The standard InChI is InChI=1S/C17H23N3O5S/c1-13-11-15(20(21)22)6-8-17(13)26(23,24)19(10-9-18(3)4)12-16-7-5-14(2)25-16/h5-8,11H,9-10,12H2,1-4H3. The van der Waals surface area contributed by atoms with Crippen LogP contribution in [-0.2, 0) is 16.6 Å². The Kier molecular flexibility index (Phi) is 6.17. The summed E-state index contributed by atoms with van der Waals surface area (Å²) in [6, 6.07) is 7.30. The van der Waals surface area contributed by atoms with Crippen molar-refractivity contribution in [1.82, 2.24) is 9.21 Å². The molecule has 0 amide bonds. The number of benzene rings is 1. The molecule has 0 unspecified atom stereocenters. The molecule has 2 rings (SSSR count). The molecule has 0 saturated heterocycles. The maximum atomic E-state index is 13.2. The van der Waals surface area contributed by atoms with E-state index in [2.05, 4.69) is 0 Å². The predicted molar refractivity (Wildman–Crippen MR) is 97.4 cm³/mol. The fourth-order valence-corrected chi connectivity index (χ4v) is 4.12. The van der Waals surface area contributed by atoms with E-state index in [0.717, 1.165) is 0 Å². The number of nitro benzene ring substituents is 1. The predicted octanol–water partition coefficient (Wildman–Crippen LogP) is 2.56. The van der Waals surface area contributed by atoms with Crippen molar-refractivity contribution in [3.63, 3.8) is 0 Å². The lowest BCUT2D eigenvalue weighted by Gasteiger charge is -2.23. The van der Waals surface area contributed by atoms with Gasteiger partial charge in [-0.25, -0.2) is 8.42 Å². The van der Waals surface area contributed by atoms with Crippen molar-refractivity contribution < 1.29 is 17.8 Å². The number of sulfonamides is 1. The summed E-state index contributed by atoms with van der Waals surface area (Å²) in [6.07, 6.45) is 0. The lowest BCUT2D eigenvalue weighted by Crippen LogP contribution is -2.36. The molecule has 0 N–H and O–H groups in total. The number of hydrogen-bond donors (Lipinski definition) is 0. The Morgan fingerprint density at radius 3 is 2.31 bits per heavy atom. The first-order valence-electron chi connectivity index (χ1n) is 8.06. The van der Waals surface area contributed by atoms with E-state index >= 15 is 0 Å². The molecule has 0 atom stereocenters. The van der Waals surface area contributed by atoms with Gasteiger partial charge >= 0.3 is 0 Å². The van der Waals surface area contributed by atoms with Gasteiger partial charge in [0, 0.05) is 25.2 Å². The molecular formula is C17H23N3O5S. The van der Waals surface area contributed by atoms with E-state index in [1.807, 2.05) is 19.0 Å². The van der Waals surface area contributed by atoms with E-state index in [1.54, 1.807) is 26.0 Å². The molecule has 9 heteroatoms. The second kappa shape index (κ2) is 7.98. The molecule has 142 valence electrons. The van der Waals surface area contributed by atoms with Gasteiger partial charge in [-0.1, -0.05) is 0 Å². The highest BCUT2D eigenvalue weighted by atomic mass is 32.2. The van der Waals surface area contributed by atoms with Gasteiger partial charge in [0.2, 0.25) is 10.0 Å². The summed E-state index contributed by atoms with van der Waals surface area (Å²) in [5.41, 5.74) is 0.202. The largest absolute Gasteiger partial charge is 0.465 e. The Balaban J connectivity index is 2.39. The summed E-state index contributed by atoms with van der Waals surface area (Å²) < 4.78 is 33.2. The molecule has 2 aromatic rings. The van der Waals surface area contributed by atoms with E-state index in [-0.39, 0.29) is 23.7 Å². The normalized spacial score (nSPS) is 12.1. The van der Waals surface area contributed by atoms with Crippen LogP contribution in [0, 0.1) is 24.0 Å². The zero-order chi connectivity index (χ0) is 19.5. The van der Waals surface area contributed by atoms with Crippen LogP contribution in [0.5, 0.6) is 0 Å². The Labute approximate surface area is 153 Å². The maximum Gasteiger partial charge on any atom is 0.269 e. The second-order valence-corrected chi connectivity index (χ2v) is 8.27. The first-order valence-corrected chi connectivity index (χ1v) is 9.50. The molecule has 1 aromatic carbocycles. The lowest BCUT2D eigenvalue weighted by atomic mass is 10.2. The Morgan fingerprint density at radius 1 is 1.12 bits per heavy atom. The molecule has 0 aliphatic rings. The highest BCUT2D eigenvalue weighted by Gasteiger charge is 2.28. The molecule has 0 aliphatic carbocycles. The maximum absolute atomic E-state index is 13.2. The SMILES string of the molecule is Cc1ccc(CN(CCN(C)C)S(=O)(=O)c2ccc([N+](=O)[O-])cc2C)o1. The average molecular weight is 381 g/mol. The summed E-state index contributed by atoms with van der Waals surface area (Å²) in [7, 11) is -0.115. The number of rotatable bonds is 8. The van der Waals surface area contributed by atoms with Crippen molar-refractivity contribution >= 4 is 15.7 Å². The molecule has 1 aromatic heterocycles. The van der Waals surface area contributed by atoms with E-state index in [1.165, 1.54) is 22.5 Å². The van der Waals surface area contributed by atoms with Gasteiger partial charge in [0.15, 0.2) is 0 Å². The minimum atomic E-state index is -3.83. The van der Waals surface area contributed by atoms with Gasteiger partial charge in [0.05, 0.1) is 16.4 Å². The van der Waals surface area contributed by atoms with Gasteiger partial charge in [0.1, 0.15) is 11.5 Å². The minimum Gasteiger partial charge on any atom is -0.465 e. The molecule has 26 heavy (non-hydrogen) atoms. The molecule has 0 spiro atoms. The number of non-ortho nitro benzene ring substituents is 1. The number of hydrogen-bond acceptors (Lipinski definition) is 6. The quantitative estimate of drug-likeness (QED) is 0.515. The van der Waals surface area contributed by atoms with Crippen molar-refractivity contribution in [2.45, 2.75) is 25.3 Å². The zero-order valence-electron chi connectivity index (χ0n) is 15.3. The van der Waals surface area contributed by atoms with Crippen molar-refractivity contribution in [2.24, 2.45) is 0 Å². The molecule has 8 nitrogen and oxygen atoms in total. The molecular weight excluding hydrogens is 358 g/mol. The van der Waals surface area contributed by atoms with Crippen LogP contribution in [0.3, 0.4) is 0 Å². The smallest absolute Gasteiger partial charge is 0.269 e. The average Bonchev–Trinajstić information content (AvgIpc) is 2.95. The highest BCUT2D eigenvalue weighted by Crippen LogP contribution is 2.25. The van der Waals surface area contributed by atoms with Crippen LogP contribution in [0.1, 0.15) is 17.1 Å². The molecule has 0 bridgehead atoms. The summed E-state index contributed by atoms with van der Waals surface area (Å²) in [4.78, 5) is 12.3. The van der Waals surface area contributed by atoms with Crippen molar-refractivity contribution in [1.29, 1.82) is 0 Å². The third-order valence-corrected chi connectivity index (χ3v) is 5.92. The molecule has 1 heterocycles. The van der Waals surface area contributed by atoms with E-state index in [9.17, 15) is 18.5 Å². The molecule has 0 fully saturated rings. The minimum absolute atomic E-state index is 0.0603. The van der Waals surface area contributed by atoms with Crippen LogP contribution in [0.4, 0.5) is 5.69 Å². The van der Waals surface area contributed by atoms with Gasteiger partial charge in [-0.2, -0.15) is 4.31 Å². The lowest BCUT2D eigenvalue weighted by molar-refractivity contribution is -0.385. The van der Waals surface area contributed by atoms with Gasteiger partial charge in [-0.3, -0.25) is 10.1 Å². The Bertz CT molecular complexity index is 890. The fraction of sp³-hybridized carbons (Fsp3) is 0.412. The Hall–Kier alpha value is -2.23. The van der Waals surface area contributed by atoms with Crippen LogP contribution in [0.2, 0.25) is 0 Å². The van der Waals surface area contributed by atoms with Crippen LogP contribution in [-0.4, -0.2) is 49.7 Å². The number of furan rings is 1. The van der Waals surface area contributed by atoms with E-state index in [0.29, 0.717) is 23.6 Å². The third-order valence-electron chi connectivity index (χ3n) is 3.91. The fourth-order valence-electron chi connectivity index (χ4n) is 2.52. The monoisotopic (exact) mass is 381 g/mol. The molecule has 0 saturated carbocycles. The van der Waals surface area contributed by atoms with Crippen LogP contribution >= 0.6 is 0 Å².